The first-order valence-corrected chi connectivity index (χ1v) is 9.52. The molecule has 0 aromatic carbocycles. The molecule has 0 radical (unpaired) electrons. The highest BCUT2D eigenvalue weighted by atomic mass is 16.1. The molecule has 0 N–H and O–H groups in total. The molecule has 1 aliphatic heterocycles. The maximum absolute atomic E-state index is 11.9. The summed E-state index contributed by atoms with van der Waals surface area (Å²) in [5, 5.41) is 0. The fraction of sp³-hybridized carbons (Fsp3) is 0.714. The van der Waals surface area contributed by atoms with Crippen LogP contribution in [0.4, 0.5) is 0 Å². The number of fused-ring (bicyclic) bond motifs is 4. The Balaban J connectivity index is 1.56. The average Bonchev–Trinajstić information content (AvgIpc) is 3.06. The molecule has 23 heavy (non-hydrogen) atoms. The molecule has 5 aliphatic rings. The van der Waals surface area contributed by atoms with Crippen LogP contribution in [0.25, 0.3) is 0 Å². The van der Waals surface area contributed by atoms with Gasteiger partial charge in [0.25, 0.3) is 0 Å². The molecule has 2 heteroatoms. The highest BCUT2D eigenvalue weighted by molar-refractivity contribution is 5.92. The second-order valence-electron chi connectivity index (χ2n) is 8.99. The minimum absolute atomic E-state index is 0.231. The number of carbonyl (C=O) groups is 1. The molecule has 0 amide bonds. The molecule has 122 valence electrons. The van der Waals surface area contributed by atoms with Crippen LogP contribution in [-0.2, 0) is 4.79 Å². The van der Waals surface area contributed by atoms with Crippen LogP contribution in [0.15, 0.2) is 28.8 Å². The van der Waals surface area contributed by atoms with Crippen molar-refractivity contribution in [1.29, 1.82) is 0 Å². The van der Waals surface area contributed by atoms with E-state index < -0.39 is 0 Å². The number of ketones is 1. The van der Waals surface area contributed by atoms with Crippen LogP contribution in [-0.4, -0.2) is 18.0 Å². The van der Waals surface area contributed by atoms with Crippen molar-refractivity contribution in [2.45, 2.75) is 58.4 Å². The normalized spacial score (nSPS) is 53.4. The Morgan fingerprint density at radius 1 is 1.13 bits per heavy atom. The zero-order valence-corrected chi connectivity index (χ0v) is 14.3. The third kappa shape index (κ3) is 1.65. The predicted octanol–water partition coefficient (Wildman–Crippen LogP) is 4.36. The zero-order chi connectivity index (χ0) is 15.8. The van der Waals surface area contributed by atoms with Gasteiger partial charge in [-0.2, -0.15) is 0 Å². The minimum atomic E-state index is 0.231. The van der Waals surface area contributed by atoms with E-state index in [-0.39, 0.29) is 5.41 Å². The summed E-state index contributed by atoms with van der Waals surface area (Å²) in [5.74, 6) is 3.32. The van der Waals surface area contributed by atoms with Gasteiger partial charge in [-0.15, -0.1) is 0 Å². The van der Waals surface area contributed by atoms with Crippen molar-refractivity contribution in [3.05, 3.63) is 23.8 Å². The zero-order valence-electron chi connectivity index (χ0n) is 14.3. The van der Waals surface area contributed by atoms with Crippen LogP contribution in [0.5, 0.6) is 0 Å². The summed E-state index contributed by atoms with van der Waals surface area (Å²) in [5.41, 5.74) is 1.94. The summed E-state index contributed by atoms with van der Waals surface area (Å²) < 4.78 is 0. The highest BCUT2D eigenvalue weighted by Crippen LogP contribution is 2.66. The number of nitrogens with zero attached hydrogens (tertiary/aromatic N) is 1. The average molecular weight is 309 g/mol. The smallest absolute Gasteiger partial charge is 0.156 e. The Bertz CT molecular complexity index is 659. The summed E-state index contributed by atoms with van der Waals surface area (Å²) >= 11 is 0. The van der Waals surface area contributed by atoms with Gasteiger partial charge in [-0.1, -0.05) is 19.1 Å². The Labute approximate surface area is 139 Å². The summed E-state index contributed by atoms with van der Waals surface area (Å²) in [6.07, 6.45) is 16.3. The van der Waals surface area contributed by atoms with E-state index in [1.807, 2.05) is 6.08 Å². The number of hydrogen-bond donors (Lipinski definition) is 0. The van der Waals surface area contributed by atoms with E-state index in [4.69, 9.17) is 4.99 Å². The molecule has 7 unspecified atom stereocenters. The molecule has 1 heterocycles. The number of aliphatic imine (C=N–C) groups is 1. The second-order valence-corrected chi connectivity index (χ2v) is 8.99. The van der Waals surface area contributed by atoms with Crippen LogP contribution in [0.1, 0.15) is 52.4 Å². The third-order valence-corrected chi connectivity index (χ3v) is 8.30. The van der Waals surface area contributed by atoms with Crippen molar-refractivity contribution in [1.82, 2.24) is 0 Å². The monoisotopic (exact) mass is 309 g/mol. The Morgan fingerprint density at radius 2 is 1.96 bits per heavy atom. The van der Waals surface area contributed by atoms with Crippen LogP contribution >= 0.6 is 0 Å². The van der Waals surface area contributed by atoms with Crippen LogP contribution < -0.4 is 0 Å². The second kappa shape index (κ2) is 4.46. The number of carbonyl (C=O) groups excluding carboxylic acids is 1. The summed E-state index contributed by atoms with van der Waals surface area (Å²) in [6, 6.07) is 0.530. The van der Waals surface area contributed by atoms with Crippen LogP contribution in [0.2, 0.25) is 0 Å². The molecular weight excluding hydrogens is 282 g/mol. The van der Waals surface area contributed by atoms with Gasteiger partial charge >= 0.3 is 0 Å². The fourth-order valence-electron chi connectivity index (χ4n) is 7.08. The first-order chi connectivity index (χ1) is 11.0. The van der Waals surface area contributed by atoms with Crippen molar-refractivity contribution in [3.63, 3.8) is 0 Å². The molecule has 7 atom stereocenters. The number of allylic oxidation sites excluding steroid dienone is 4. The van der Waals surface area contributed by atoms with Gasteiger partial charge in [0.15, 0.2) is 5.78 Å². The van der Waals surface area contributed by atoms with Crippen molar-refractivity contribution < 1.29 is 4.79 Å². The first kappa shape index (κ1) is 14.2. The van der Waals surface area contributed by atoms with Gasteiger partial charge in [-0.25, -0.2) is 0 Å². The Morgan fingerprint density at radius 3 is 2.83 bits per heavy atom. The van der Waals surface area contributed by atoms with Gasteiger partial charge in [-0.05, 0) is 79.8 Å². The van der Waals surface area contributed by atoms with E-state index in [1.165, 1.54) is 31.3 Å². The van der Waals surface area contributed by atoms with Crippen LogP contribution in [0.3, 0.4) is 0 Å². The molecule has 2 fully saturated rings. The minimum Gasteiger partial charge on any atom is -0.295 e. The molecular formula is C21H27NO. The van der Waals surface area contributed by atoms with Crippen molar-refractivity contribution in [3.8, 4) is 0 Å². The van der Waals surface area contributed by atoms with Crippen LogP contribution in [0, 0.1) is 34.5 Å². The summed E-state index contributed by atoms with van der Waals surface area (Å²) in [7, 11) is 0. The summed E-state index contributed by atoms with van der Waals surface area (Å²) in [6.45, 7) is 4.75. The van der Waals surface area contributed by atoms with Gasteiger partial charge in [0.1, 0.15) is 0 Å². The van der Waals surface area contributed by atoms with E-state index in [0.29, 0.717) is 23.2 Å². The lowest BCUT2D eigenvalue weighted by Crippen LogP contribution is -2.50. The van der Waals surface area contributed by atoms with Gasteiger partial charge in [0.2, 0.25) is 0 Å². The molecule has 0 saturated heterocycles. The summed E-state index contributed by atoms with van der Waals surface area (Å²) in [4.78, 5) is 16.7. The van der Waals surface area contributed by atoms with E-state index in [0.717, 1.165) is 30.6 Å². The van der Waals surface area contributed by atoms with Gasteiger partial charge in [0.05, 0.1) is 6.04 Å². The van der Waals surface area contributed by atoms with Gasteiger partial charge in [-0.3, -0.25) is 9.79 Å². The van der Waals surface area contributed by atoms with E-state index in [2.05, 4.69) is 32.2 Å². The lowest BCUT2D eigenvalue weighted by Gasteiger charge is -2.55. The lowest BCUT2D eigenvalue weighted by molar-refractivity contribution is -0.116. The molecule has 1 spiro atoms. The van der Waals surface area contributed by atoms with E-state index >= 15 is 0 Å². The highest BCUT2D eigenvalue weighted by Gasteiger charge is 2.61. The quantitative estimate of drug-likeness (QED) is 0.653. The molecule has 2 nitrogen and oxygen atoms in total. The number of rotatable bonds is 0. The molecule has 5 rings (SSSR count). The number of hydrogen-bond acceptors (Lipinski definition) is 2. The predicted molar refractivity (Wildman–Crippen MR) is 92.4 cm³/mol. The van der Waals surface area contributed by atoms with Gasteiger partial charge < -0.3 is 0 Å². The van der Waals surface area contributed by atoms with Crippen molar-refractivity contribution in [2.24, 2.45) is 39.5 Å². The lowest BCUT2D eigenvalue weighted by atomic mass is 9.48. The first-order valence-electron chi connectivity index (χ1n) is 9.52. The standard InChI is InChI=1S/C21H27NO/c1-13-17-5-6-19-16-4-3-14-11-15(23)7-9-20(14,2)18(16)8-10-21(17,19)12-22-13/h3-4,11-13,16-19H,5-10H2,1-2H3. The Kier molecular flexibility index (Phi) is 2.75. The molecule has 4 aliphatic carbocycles. The van der Waals surface area contributed by atoms with E-state index in [1.54, 1.807) is 0 Å². The third-order valence-electron chi connectivity index (χ3n) is 8.30. The fourth-order valence-corrected chi connectivity index (χ4v) is 7.08. The largest absolute Gasteiger partial charge is 0.295 e. The molecule has 2 saturated carbocycles. The molecule has 0 bridgehead atoms. The van der Waals surface area contributed by atoms with Crippen molar-refractivity contribution >= 4 is 12.0 Å². The maximum Gasteiger partial charge on any atom is 0.156 e. The SMILES string of the molecule is CC1N=CC23CCC4C(C=CC5=CC(=O)CCC54C)C2CCC13. The van der Waals surface area contributed by atoms with Crippen molar-refractivity contribution in [2.75, 3.05) is 0 Å². The van der Waals surface area contributed by atoms with E-state index in [9.17, 15) is 4.79 Å². The van der Waals surface area contributed by atoms with Gasteiger partial charge in [0, 0.05) is 18.1 Å². The topological polar surface area (TPSA) is 29.4 Å². The molecule has 0 aromatic rings. The Hall–Kier alpha value is -1.18. The molecule has 0 aromatic heterocycles. The maximum atomic E-state index is 11.9.